The Morgan fingerprint density at radius 2 is 2.19 bits per heavy atom. The van der Waals surface area contributed by atoms with E-state index in [1.165, 1.54) is 0 Å². The van der Waals surface area contributed by atoms with Crippen molar-refractivity contribution in [1.29, 1.82) is 0 Å². The Morgan fingerprint density at radius 1 is 1.50 bits per heavy atom. The number of aromatic nitrogens is 1. The number of nitrogens with one attached hydrogen (secondary N) is 1. The van der Waals surface area contributed by atoms with Gasteiger partial charge in [-0.15, -0.1) is 0 Å². The summed E-state index contributed by atoms with van der Waals surface area (Å²) in [5, 5.41) is 3.02. The van der Waals surface area contributed by atoms with Gasteiger partial charge in [0.15, 0.2) is 0 Å². The largest absolute Gasteiger partial charge is 0.345 e. The number of amides is 1. The molecule has 1 unspecified atom stereocenters. The molecule has 88 valence electrons. The van der Waals surface area contributed by atoms with Crippen LogP contribution < -0.4 is 5.32 Å². The van der Waals surface area contributed by atoms with Gasteiger partial charge >= 0.3 is 0 Å². The molecule has 0 aliphatic rings. The number of hydrogen-bond donors (Lipinski definition) is 1. The molecule has 0 fully saturated rings. The third-order valence-corrected chi connectivity index (χ3v) is 2.80. The van der Waals surface area contributed by atoms with Gasteiger partial charge in [0.1, 0.15) is 0 Å². The molecular weight excluding hydrogens is 200 g/mol. The van der Waals surface area contributed by atoms with Gasteiger partial charge in [0.25, 0.3) is 0 Å². The van der Waals surface area contributed by atoms with Crippen molar-refractivity contribution in [3.8, 4) is 0 Å². The van der Waals surface area contributed by atoms with E-state index in [-0.39, 0.29) is 11.8 Å². The fraction of sp³-hybridized carbons (Fsp3) is 0.538. The van der Waals surface area contributed by atoms with E-state index in [2.05, 4.69) is 10.3 Å². The molecule has 0 aliphatic carbocycles. The number of carbonyl (C=O) groups is 1. The molecule has 1 heterocycles. The maximum Gasteiger partial charge on any atom is 0.223 e. The van der Waals surface area contributed by atoms with E-state index in [0.717, 1.165) is 12.1 Å². The first kappa shape index (κ1) is 12.7. The van der Waals surface area contributed by atoms with E-state index in [0.29, 0.717) is 0 Å². The van der Waals surface area contributed by atoms with Crippen LogP contribution in [0.2, 0.25) is 0 Å². The predicted molar refractivity (Wildman–Crippen MR) is 64.9 cm³/mol. The molecule has 0 saturated carbocycles. The van der Waals surface area contributed by atoms with Crippen LogP contribution in [0.25, 0.3) is 0 Å². The van der Waals surface area contributed by atoms with Gasteiger partial charge in [-0.25, -0.2) is 0 Å². The van der Waals surface area contributed by atoms with Crippen molar-refractivity contribution in [2.45, 2.75) is 39.7 Å². The molecule has 0 aliphatic heterocycles. The van der Waals surface area contributed by atoms with E-state index >= 15 is 0 Å². The highest BCUT2D eigenvalue weighted by Crippen LogP contribution is 2.18. The van der Waals surface area contributed by atoms with Gasteiger partial charge in [0.2, 0.25) is 5.91 Å². The molecule has 1 amide bonds. The van der Waals surface area contributed by atoms with Gasteiger partial charge in [-0.3, -0.25) is 9.78 Å². The highest BCUT2D eigenvalue weighted by Gasteiger charge is 2.25. The number of hydrogen-bond acceptors (Lipinski definition) is 2. The van der Waals surface area contributed by atoms with E-state index in [1.54, 1.807) is 6.20 Å². The quantitative estimate of drug-likeness (QED) is 0.847. The summed E-state index contributed by atoms with van der Waals surface area (Å²) in [6, 6.07) is 5.73. The topological polar surface area (TPSA) is 42.0 Å². The van der Waals surface area contributed by atoms with Gasteiger partial charge in [0.05, 0.1) is 11.2 Å². The van der Waals surface area contributed by atoms with Crippen LogP contribution in [-0.2, 0) is 10.3 Å². The maximum atomic E-state index is 11.8. The van der Waals surface area contributed by atoms with Crippen LogP contribution in [0.3, 0.4) is 0 Å². The molecule has 0 aromatic carbocycles. The fourth-order valence-corrected chi connectivity index (χ4v) is 1.41. The molecule has 3 heteroatoms. The first-order valence-corrected chi connectivity index (χ1v) is 5.71. The molecular formula is C13H20N2O. The van der Waals surface area contributed by atoms with Crippen LogP contribution in [-0.4, -0.2) is 10.9 Å². The molecule has 0 spiro atoms. The lowest BCUT2D eigenvalue weighted by atomic mass is 9.98. The highest BCUT2D eigenvalue weighted by molar-refractivity contribution is 5.79. The Balaban J connectivity index is 2.76. The third kappa shape index (κ3) is 3.05. The van der Waals surface area contributed by atoms with Crippen LogP contribution in [0, 0.1) is 5.92 Å². The smallest absolute Gasteiger partial charge is 0.223 e. The minimum Gasteiger partial charge on any atom is -0.345 e. The number of rotatable bonds is 4. The van der Waals surface area contributed by atoms with Gasteiger partial charge < -0.3 is 5.32 Å². The zero-order valence-electron chi connectivity index (χ0n) is 10.4. The van der Waals surface area contributed by atoms with Crippen LogP contribution in [0.5, 0.6) is 0 Å². The number of nitrogens with zero attached hydrogens (tertiary/aromatic N) is 1. The Hall–Kier alpha value is -1.38. The number of pyridine rings is 1. The highest BCUT2D eigenvalue weighted by atomic mass is 16.2. The van der Waals surface area contributed by atoms with E-state index in [9.17, 15) is 4.79 Å². The summed E-state index contributed by atoms with van der Waals surface area (Å²) in [5.74, 6) is 0.126. The Labute approximate surface area is 97.3 Å². The molecule has 16 heavy (non-hydrogen) atoms. The SMILES string of the molecule is CCC(C)C(=O)NC(C)(C)c1ccccn1. The standard InChI is InChI=1S/C13H20N2O/c1-5-10(2)12(16)15-13(3,4)11-8-6-7-9-14-11/h6-10H,5H2,1-4H3,(H,15,16). The van der Waals surface area contributed by atoms with Crippen molar-refractivity contribution in [3.63, 3.8) is 0 Å². The molecule has 0 radical (unpaired) electrons. The molecule has 3 nitrogen and oxygen atoms in total. The van der Waals surface area contributed by atoms with Crippen LogP contribution in [0.1, 0.15) is 39.8 Å². The lowest BCUT2D eigenvalue weighted by Gasteiger charge is -2.27. The Bertz CT molecular complexity index is 346. The second kappa shape index (κ2) is 5.10. The zero-order chi connectivity index (χ0) is 12.2. The molecule has 1 aromatic heterocycles. The Morgan fingerprint density at radius 3 is 2.69 bits per heavy atom. The molecule has 1 N–H and O–H groups in total. The summed E-state index contributed by atoms with van der Waals surface area (Å²) in [4.78, 5) is 16.1. The lowest BCUT2D eigenvalue weighted by Crippen LogP contribution is -2.43. The minimum atomic E-state index is -0.415. The number of carbonyl (C=O) groups excluding carboxylic acids is 1. The monoisotopic (exact) mass is 220 g/mol. The summed E-state index contributed by atoms with van der Waals surface area (Å²) >= 11 is 0. The Kier molecular flexibility index (Phi) is 4.05. The van der Waals surface area contributed by atoms with Crippen molar-refractivity contribution < 1.29 is 4.79 Å². The second-order valence-electron chi connectivity index (χ2n) is 4.64. The first-order chi connectivity index (χ1) is 7.47. The zero-order valence-corrected chi connectivity index (χ0v) is 10.4. The summed E-state index contributed by atoms with van der Waals surface area (Å²) in [7, 11) is 0. The predicted octanol–water partition coefficient (Wildman–Crippen LogP) is 2.48. The normalized spacial score (nSPS) is 13.2. The summed E-state index contributed by atoms with van der Waals surface area (Å²) in [6.07, 6.45) is 2.59. The van der Waals surface area contributed by atoms with Crippen LogP contribution >= 0.6 is 0 Å². The van der Waals surface area contributed by atoms with Crippen molar-refractivity contribution in [3.05, 3.63) is 30.1 Å². The summed E-state index contributed by atoms with van der Waals surface area (Å²) < 4.78 is 0. The maximum absolute atomic E-state index is 11.8. The minimum absolute atomic E-state index is 0.0444. The van der Waals surface area contributed by atoms with E-state index in [4.69, 9.17) is 0 Å². The lowest BCUT2D eigenvalue weighted by molar-refractivity contribution is -0.126. The van der Waals surface area contributed by atoms with Gasteiger partial charge in [-0.1, -0.05) is 19.9 Å². The average molecular weight is 220 g/mol. The fourth-order valence-electron chi connectivity index (χ4n) is 1.41. The second-order valence-corrected chi connectivity index (χ2v) is 4.64. The van der Waals surface area contributed by atoms with Crippen LogP contribution in [0.4, 0.5) is 0 Å². The average Bonchev–Trinajstić information content (AvgIpc) is 2.28. The van der Waals surface area contributed by atoms with Crippen molar-refractivity contribution in [1.82, 2.24) is 10.3 Å². The van der Waals surface area contributed by atoms with Crippen LogP contribution in [0.15, 0.2) is 24.4 Å². The van der Waals surface area contributed by atoms with Gasteiger partial charge in [-0.2, -0.15) is 0 Å². The molecule has 1 atom stereocenters. The van der Waals surface area contributed by atoms with Crippen molar-refractivity contribution >= 4 is 5.91 Å². The van der Waals surface area contributed by atoms with Crippen molar-refractivity contribution in [2.24, 2.45) is 5.92 Å². The van der Waals surface area contributed by atoms with Gasteiger partial charge in [0, 0.05) is 12.1 Å². The third-order valence-electron chi connectivity index (χ3n) is 2.80. The molecule has 0 saturated heterocycles. The van der Waals surface area contributed by atoms with Crippen molar-refractivity contribution in [2.75, 3.05) is 0 Å². The first-order valence-electron chi connectivity index (χ1n) is 5.71. The molecule has 1 rings (SSSR count). The molecule has 0 bridgehead atoms. The van der Waals surface area contributed by atoms with Gasteiger partial charge in [-0.05, 0) is 32.4 Å². The van der Waals surface area contributed by atoms with E-state index in [1.807, 2.05) is 45.9 Å². The van der Waals surface area contributed by atoms with E-state index < -0.39 is 5.54 Å². The summed E-state index contributed by atoms with van der Waals surface area (Å²) in [6.45, 7) is 7.88. The summed E-state index contributed by atoms with van der Waals surface area (Å²) in [5.41, 5.74) is 0.466. The molecule has 1 aromatic rings.